The fourth-order valence-corrected chi connectivity index (χ4v) is 5.84. The van der Waals surface area contributed by atoms with E-state index in [1.807, 2.05) is 0 Å². The molecule has 3 aliphatic heterocycles. The number of halogens is 3. The molecule has 3 N–H and O–H groups in total. The number of carbonyl (C=O) groups excluding carboxylic acids is 2. The molecule has 2 amide bonds. The molecule has 0 aliphatic carbocycles. The van der Waals surface area contributed by atoms with Crippen LogP contribution >= 0.6 is 23.2 Å². The Morgan fingerprint density at radius 1 is 1.29 bits per heavy atom. The van der Waals surface area contributed by atoms with Gasteiger partial charge >= 0.3 is 0 Å². The van der Waals surface area contributed by atoms with Crippen LogP contribution in [0.25, 0.3) is 0 Å². The Hall–Kier alpha value is -2.19. The summed E-state index contributed by atoms with van der Waals surface area (Å²) in [6.07, 6.45) is 0.581. The summed E-state index contributed by atoms with van der Waals surface area (Å²) in [5.74, 6) is -1.87. The van der Waals surface area contributed by atoms with E-state index in [1.54, 1.807) is 35.2 Å². The lowest BCUT2D eigenvalue weighted by atomic mass is 9.74. The summed E-state index contributed by atoms with van der Waals surface area (Å²) in [7, 11) is 0. The maximum absolute atomic E-state index is 15.3. The summed E-state index contributed by atoms with van der Waals surface area (Å²) in [5, 5.41) is 16.0. The molecule has 9 heteroatoms. The third-order valence-electron chi connectivity index (χ3n) is 6.65. The molecular weight excluding hydrogens is 444 g/mol. The summed E-state index contributed by atoms with van der Waals surface area (Å²) in [6, 6.07) is 9.14. The summed E-state index contributed by atoms with van der Waals surface area (Å²) >= 11 is 12.2. The molecule has 31 heavy (non-hydrogen) atoms. The number of hydrogen-bond acceptors (Lipinski definition) is 4. The Labute approximate surface area is 188 Å². The minimum absolute atomic E-state index is 0.0284. The predicted molar refractivity (Wildman–Crippen MR) is 115 cm³/mol. The average Bonchev–Trinajstić information content (AvgIpc) is 3.35. The highest BCUT2D eigenvalue weighted by atomic mass is 35.5. The van der Waals surface area contributed by atoms with Crippen molar-refractivity contribution >= 4 is 40.7 Å². The molecule has 0 aromatic heterocycles. The Morgan fingerprint density at radius 2 is 2.10 bits per heavy atom. The van der Waals surface area contributed by atoms with Crippen molar-refractivity contribution in [2.45, 2.75) is 36.4 Å². The lowest BCUT2D eigenvalue weighted by Gasteiger charge is -2.36. The highest BCUT2D eigenvalue weighted by molar-refractivity contribution is 6.31. The predicted octanol–water partition coefficient (Wildman–Crippen LogP) is 3.02. The monoisotopic (exact) mass is 463 g/mol. The van der Waals surface area contributed by atoms with Gasteiger partial charge in [0.05, 0.1) is 17.7 Å². The zero-order valence-corrected chi connectivity index (χ0v) is 17.9. The van der Waals surface area contributed by atoms with Gasteiger partial charge in [0, 0.05) is 41.2 Å². The van der Waals surface area contributed by atoms with Crippen LogP contribution in [0.3, 0.4) is 0 Å². The van der Waals surface area contributed by atoms with E-state index < -0.39 is 23.3 Å². The van der Waals surface area contributed by atoms with Crippen molar-refractivity contribution in [3.8, 4) is 0 Å². The molecule has 0 bridgehead atoms. The molecule has 2 saturated heterocycles. The summed E-state index contributed by atoms with van der Waals surface area (Å²) < 4.78 is 15.3. The van der Waals surface area contributed by atoms with E-state index >= 15 is 4.39 Å². The molecule has 0 saturated carbocycles. The van der Waals surface area contributed by atoms with E-state index in [2.05, 4.69) is 10.6 Å². The maximum atomic E-state index is 15.3. The van der Waals surface area contributed by atoms with Crippen molar-refractivity contribution in [2.24, 2.45) is 0 Å². The Kier molecular flexibility index (Phi) is 4.97. The van der Waals surface area contributed by atoms with Crippen LogP contribution in [0.1, 0.15) is 29.9 Å². The van der Waals surface area contributed by atoms with Crippen LogP contribution in [-0.2, 0) is 15.1 Å². The van der Waals surface area contributed by atoms with Gasteiger partial charge in [0.25, 0.3) is 0 Å². The van der Waals surface area contributed by atoms with Crippen LogP contribution in [0.5, 0.6) is 0 Å². The summed E-state index contributed by atoms with van der Waals surface area (Å²) in [6.45, 7) is 0.189. The van der Waals surface area contributed by atoms with E-state index in [0.717, 1.165) is 0 Å². The molecular formula is C22H20Cl2FN3O3. The SMILES string of the molecule is O=C(CCO)N1CC[C@@H]2N[C@@]3(C(=O)Nc4cc(Cl)ccc43)[C@@H](c3cccc(Cl)c3F)C21. The number of likely N-dealkylation sites (tertiary alicyclic amines) is 1. The molecule has 5 rings (SSSR count). The molecule has 2 aromatic carbocycles. The van der Waals surface area contributed by atoms with Gasteiger partial charge in [-0.2, -0.15) is 0 Å². The number of nitrogens with one attached hydrogen (secondary N) is 2. The van der Waals surface area contributed by atoms with E-state index in [0.29, 0.717) is 29.2 Å². The molecule has 1 spiro atoms. The normalized spacial score (nSPS) is 28.7. The van der Waals surface area contributed by atoms with Gasteiger partial charge < -0.3 is 15.3 Å². The minimum atomic E-state index is -1.28. The minimum Gasteiger partial charge on any atom is -0.396 e. The van der Waals surface area contributed by atoms with Crippen LogP contribution in [0.4, 0.5) is 10.1 Å². The highest BCUT2D eigenvalue weighted by Crippen LogP contribution is 2.55. The number of nitrogens with zero attached hydrogens (tertiary/aromatic N) is 1. The second-order valence-electron chi connectivity index (χ2n) is 8.16. The van der Waals surface area contributed by atoms with Gasteiger partial charge in [0.1, 0.15) is 11.4 Å². The molecule has 2 fully saturated rings. The zero-order chi connectivity index (χ0) is 21.9. The first kappa shape index (κ1) is 20.7. The highest BCUT2D eigenvalue weighted by Gasteiger charge is 2.65. The number of carbonyl (C=O) groups is 2. The van der Waals surface area contributed by atoms with E-state index in [4.69, 9.17) is 23.2 Å². The fourth-order valence-electron chi connectivity index (χ4n) is 5.49. The third-order valence-corrected chi connectivity index (χ3v) is 7.18. The van der Waals surface area contributed by atoms with Crippen LogP contribution < -0.4 is 10.6 Å². The number of fused-ring (bicyclic) bond motifs is 3. The number of aliphatic hydroxyl groups is 1. The molecule has 6 nitrogen and oxygen atoms in total. The number of aliphatic hydroxyl groups excluding tert-OH is 1. The van der Waals surface area contributed by atoms with E-state index in [-0.39, 0.29) is 41.5 Å². The first-order valence-corrected chi connectivity index (χ1v) is 10.9. The van der Waals surface area contributed by atoms with Crippen LogP contribution in [0, 0.1) is 5.82 Å². The van der Waals surface area contributed by atoms with Crippen molar-refractivity contribution in [1.82, 2.24) is 10.2 Å². The molecule has 2 aromatic rings. The fraction of sp³-hybridized carbons (Fsp3) is 0.364. The standard InChI is InChI=1S/C22H20Cl2FN3O3/c23-11-4-5-13-16(10-11)26-21(31)22(13)18(12-2-1-3-14(24)19(12)25)20-15(27-22)6-8-28(20)17(30)7-9-29/h1-5,10,15,18,20,27,29H,6-9H2,(H,26,31)/t15-,18-,20?,22+/m0/s1. The quantitative estimate of drug-likeness (QED) is 0.653. The molecule has 162 valence electrons. The number of rotatable bonds is 3. The van der Waals surface area contributed by atoms with Crippen molar-refractivity contribution in [2.75, 3.05) is 18.5 Å². The first-order chi connectivity index (χ1) is 14.9. The van der Waals surface area contributed by atoms with Crippen LogP contribution in [0.2, 0.25) is 10.0 Å². The first-order valence-electron chi connectivity index (χ1n) is 10.1. The Bertz CT molecular complexity index is 1100. The molecule has 3 aliphatic rings. The van der Waals surface area contributed by atoms with Crippen LogP contribution in [-0.4, -0.2) is 47.1 Å². The topological polar surface area (TPSA) is 81.7 Å². The van der Waals surface area contributed by atoms with Crippen molar-refractivity contribution in [3.05, 3.63) is 63.4 Å². The Balaban J connectivity index is 1.72. The molecule has 4 atom stereocenters. The van der Waals surface area contributed by atoms with Gasteiger partial charge in [-0.1, -0.05) is 41.4 Å². The van der Waals surface area contributed by atoms with Gasteiger partial charge in [-0.3, -0.25) is 14.9 Å². The third kappa shape index (κ3) is 2.91. The number of hydrogen-bond donors (Lipinski definition) is 3. The van der Waals surface area contributed by atoms with Crippen molar-refractivity contribution in [3.63, 3.8) is 0 Å². The van der Waals surface area contributed by atoms with Crippen molar-refractivity contribution < 1.29 is 19.1 Å². The molecule has 1 unspecified atom stereocenters. The number of anilines is 1. The van der Waals surface area contributed by atoms with Gasteiger partial charge in [0.2, 0.25) is 11.8 Å². The smallest absolute Gasteiger partial charge is 0.250 e. The van der Waals surface area contributed by atoms with E-state index in [9.17, 15) is 14.7 Å². The average molecular weight is 464 g/mol. The second-order valence-corrected chi connectivity index (χ2v) is 9.01. The Morgan fingerprint density at radius 3 is 2.87 bits per heavy atom. The van der Waals surface area contributed by atoms with E-state index in [1.165, 1.54) is 6.07 Å². The largest absolute Gasteiger partial charge is 0.396 e. The second kappa shape index (κ2) is 7.45. The number of amides is 2. The molecule has 0 radical (unpaired) electrons. The van der Waals surface area contributed by atoms with Gasteiger partial charge in [-0.15, -0.1) is 0 Å². The van der Waals surface area contributed by atoms with Gasteiger partial charge in [-0.05, 0) is 30.2 Å². The van der Waals surface area contributed by atoms with Gasteiger partial charge in [0.15, 0.2) is 0 Å². The van der Waals surface area contributed by atoms with Crippen LogP contribution in [0.15, 0.2) is 36.4 Å². The lowest BCUT2D eigenvalue weighted by Crippen LogP contribution is -2.50. The summed E-state index contributed by atoms with van der Waals surface area (Å²) in [5.41, 5.74) is 0.217. The molecule has 3 heterocycles. The van der Waals surface area contributed by atoms with Crippen molar-refractivity contribution in [1.29, 1.82) is 0 Å². The maximum Gasteiger partial charge on any atom is 0.250 e. The zero-order valence-electron chi connectivity index (χ0n) is 16.4. The van der Waals surface area contributed by atoms with Gasteiger partial charge in [-0.25, -0.2) is 4.39 Å². The summed E-state index contributed by atoms with van der Waals surface area (Å²) in [4.78, 5) is 27.9. The number of benzene rings is 2. The lowest BCUT2D eigenvalue weighted by molar-refractivity contribution is -0.133.